The van der Waals surface area contributed by atoms with E-state index in [4.69, 9.17) is 16.3 Å². The number of aliphatic hydroxyl groups is 1. The lowest BCUT2D eigenvalue weighted by Gasteiger charge is -2.30. The van der Waals surface area contributed by atoms with Crippen LogP contribution in [0.2, 0.25) is 5.02 Å². The molecule has 0 spiro atoms. The van der Waals surface area contributed by atoms with E-state index in [2.05, 4.69) is 10.2 Å². The number of hydrogen-bond donors (Lipinski definition) is 2. The molecule has 4 nitrogen and oxygen atoms in total. The van der Waals surface area contributed by atoms with Crippen molar-refractivity contribution in [3.8, 4) is 5.75 Å². The van der Waals surface area contributed by atoms with Crippen LogP contribution in [0.5, 0.6) is 5.75 Å². The Morgan fingerprint density at radius 2 is 2.05 bits per heavy atom. The number of hydrogen-bond acceptors (Lipinski definition) is 4. The maximum absolute atomic E-state index is 9.21. The summed E-state index contributed by atoms with van der Waals surface area (Å²) in [6, 6.07) is 5.70. The largest absolute Gasteiger partial charge is 0.485 e. The maximum Gasteiger partial charge on any atom is 0.126 e. The topological polar surface area (TPSA) is 44.7 Å². The Hall–Kier alpha value is -0.970. The first kappa shape index (κ1) is 14.4. The Balaban J connectivity index is 2.12. The van der Waals surface area contributed by atoms with Gasteiger partial charge in [0, 0.05) is 32.2 Å². The number of benzene rings is 1. The minimum Gasteiger partial charge on any atom is -0.485 e. The lowest BCUT2D eigenvalue weighted by atomic mass is 10.1. The zero-order chi connectivity index (χ0) is 13.9. The molecule has 0 aromatic heterocycles. The second-order valence-corrected chi connectivity index (χ2v) is 5.78. The van der Waals surface area contributed by atoms with Gasteiger partial charge in [-0.15, -0.1) is 0 Å². The molecular formula is C14H21ClN2O2. The van der Waals surface area contributed by atoms with Crippen LogP contribution in [0.1, 0.15) is 13.8 Å². The molecule has 2 rings (SSSR count). The van der Waals surface area contributed by atoms with Crippen molar-refractivity contribution in [1.29, 1.82) is 0 Å². The van der Waals surface area contributed by atoms with Crippen molar-refractivity contribution in [3.05, 3.63) is 23.2 Å². The molecule has 0 saturated carbocycles. The van der Waals surface area contributed by atoms with Gasteiger partial charge in [-0.1, -0.05) is 11.6 Å². The molecule has 0 aliphatic carbocycles. The number of ether oxygens (including phenoxy) is 1. The van der Waals surface area contributed by atoms with Crippen LogP contribution in [0.4, 0.5) is 5.69 Å². The highest BCUT2D eigenvalue weighted by molar-refractivity contribution is 6.33. The third-order valence-electron chi connectivity index (χ3n) is 3.15. The van der Waals surface area contributed by atoms with Gasteiger partial charge < -0.3 is 20.1 Å². The molecular weight excluding hydrogens is 264 g/mol. The molecule has 1 aliphatic heterocycles. The lowest BCUT2D eigenvalue weighted by molar-refractivity contribution is 0.0413. The van der Waals surface area contributed by atoms with Crippen LogP contribution in [0, 0.1) is 0 Å². The summed E-state index contributed by atoms with van der Waals surface area (Å²) in [6.07, 6.45) is 0. The van der Waals surface area contributed by atoms with Crippen LogP contribution < -0.4 is 15.0 Å². The van der Waals surface area contributed by atoms with Gasteiger partial charge in [0.2, 0.25) is 0 Å². The van der Waals surface area contributed by atoms with Gasteiger partial charge in [0.15, 0.2) is 0 Å². The van der Waals surface area contributed by atoms with E-state index in [1.807, 2.05) is 32.0 Å². The number of piperazine rings is 1. The first-order chi connectivity index (χ1) is 9.02. The SMILES string of the molecule is CC(C)(CO)Oc1ccc(N2CCNCC2)c(Cl)c1. The number of aliphatic hydroxyl groups excluding tert-OH is 1. The van der Waals surface area contributed by atoms with E-state index >= 15 is 0 Å². The van der Waals surface area contributed by atoms with Crippen molar-refractivity contribution in [3.63, 3.8) is 0 Å². The molecule has 0 radical (unpaired) electrons. The second-order valence-electron chi connectivity index (χ2n) is 5.37. The average Bonchev–Trinajstić information content (AvgIpc) is 2.39. The number of nitrogens with zero attached hydrogens (tertiary/aromatic N) is 1. The van der Waals surface area contributed by atoms with E-state index in [1.165, 1.54) is 0 Å². The highest BCUT2D eigenvalue weighted by atomic mass is 35.5. The zero-order valence-corrected chi connectivity index (χ0v) is 12.2. The lowest BCUT2D eigenvalue weighted by Crippen LogP contribution is -2.43. The van der Waals surface area contributed by atoms with E-state index < -0.39 is 5.60 Å². The first-order valence-electron chi connectivity index (χ1n) is 6.57. The smallest absolute Gasteiger partial charge is 0.126 e. The predicted molar refractivity (Wildman–Crippen MR) is 78.3 cm³/mol. The van der Waals surface area contributed by atoms with Gasteiger partial charge in [0.1, 0.15) is 11.4 Å². The van der Waals surface area contributed by atoms with Gasteiger partial charge in [-0.05, 0) is 26.0 Å². The number of halogens is 1. The van der Waals surface area contributed by atoms with Gasteiger partial charge >= 0.3 is 0 Å². The highest BCUT2D eigenvalue weighted by Gasteiger charge is 2.19. The monoisotopic (exact) mass is 284 g/mol. The maximum atomic E-state index is 9.21. The summed E-state index contributed by atoms with van der Waals surface area (Å²) in [4.78, 5) is 2.26. The molecule has 5 heteroatoms. The molecule has 1 saturated heterocycles. The summed E-state index contributed by atoms with van der Waals surface area (Å²) in [5.41, 5.74) is 0.442. The molecule has 1 fully saturated rings. The van der Waals surface area contributed by atoms with E-state index in [1.54, 1.807) is 0 Å². The third-order valence-corrected chi connectivity index (χ3v) is 3.45. The summed E-state index contributed by atoms with van der Waals surface area (Å²) >= 11 is 6.33. The van der Waals surface area contributed by atoms with Crippen molar-refractivity contribution in [2.24, 2.45) is 0 Å². The van der Waals surface area contributed by atoms with Crippen LogP contribution >= 0.6 is 11.6 Å². The predicted octanol–water partition coefficient (Wildman–Crippen LogP) is 1.90. The summed E-state index contributed by atoms with van der Waals surface area (Å²) in [5.74, 6) is 0.683. The van der Waals surface area contributed by atoms with E-state index in [9.17, 15) is 5.11 Å². The number of rotatable bonds is 4. The van der Waals surface area contributed by atoms with E-state index in [-0.39, 0.29) is 6.61 Å². The summed E-state index contributed by atoms with van der Waals surface area (Å²) in [7, 11) is 0. The standard InChI is InChI=1S/C14H21ClN2O2/c1-14(2,10-18)19-11-3-4-13(12(15)9-11)17-7-5-16-6-8-17/h3-4,9,16,18H,5-8,10H2,1-2H3. The molecule has 0 bridgehead atoms. The third kappa shape index (κ3) is 3.75. The second kappa shape index (κ2) is 5.99. The first-order valence-corrected chi connectivity index (χ1v) is 6.95. The highest BCUT2D eigenvalue weighted by Crippen LogP contribution is 2.31. The van der Waals surface area contributed by atoms with Crippen LogP contribution in [0.25, 0.3) is 0 Å². The number of anilines is 1. The fourth-order valence-corrected chi connectivity index (χ4v) is 2.35. The van der Waals surface area contributed by atoms with Crippen molar-refractivity contribution in [1.82, 2.24) is 5.32 Å². The summed E-state index contributed by atoms with van der Waals surface area (Å²) < 4.78 is 5.71. The fraction of sp³-hybridized carbons (Fsp3) is 0.571. The Bertz CT molecular complexity index is 431. The molecule has 19 heavy (non-hydrogen) atoms. The molecule has 0 amide bonds. The van der Waals surface area contributed by atoms with Crippen LogP contribution in [0.15, 0.2) is 18.2 Å². The normalized spacial score (nSPS) is 16.5. The summed E-state index contributed by atoms with van der Waals surface area (Å²) in [6.45, 7) is 7.52. The molecule has 0 unspecified atom stereocenters. The zero-order valence-electron chi connectivity index (χ0n) is 11.4. The molecule has 0 atom stereocenters. The Morgan fingerprint density at radius 1 is 1.37 bits per heavy atom. The van der Waals surface area contributed by atoms with Gasteiger partial charge in [-0.25, -0.2) is 0 Å². The molecule has 1 heterocycles. The van der Waals surface area contributed by atoms with E-state index in [0.29, 0.717) is 10.8 Å². The molecule has 2 N–H and O–H groups in total. The van der Waals surface area contributed by atoms with Gasteiger partial charge in [-0.2, -0.15) is 0 Å². The average molecular weight is 285 g/mol. The van der Waals surface area contributed by atoms with Crippen LogP contribution in [-0.2, 0) is 0 Å². The molecule has 1 aromatic carbocycles. The fourth-order valence-electron chi connectivity index (χ4n) is 2.06. The molecule has 106 valence electrons. The van der Waals surface area contributed by atoms with Crippen LogP contribution in [-0.4, -0.2) is 43.5 Å². The Morgan fingerprint density at radius 3 is 2.63 bits per heavy atom. The minimum atomic E-state index is -0.597. The van der Waals surface area contributed by atoms with Crippen molar-refractivity contribution >= 4 is 17.3 Å². The summed E-state index contributed by atoms with van der Waals surface area (Å²) in [5, 5.41) is 13.2. The van der Waals surface area contributed by atoms with Gasteiger partial charge in [0.05, 0.1) is 17.3 Å². The van der Waals surface area contributed by atoms with Gasteiger partial charge in [-0.3, -0.25) is 0 Å². The van der Waals surface area contributed by atoms with Gasteiger partial charge in [0.25, 0.3) is 0 Å². The van der Waals surface area contributed by atoms with Crippen molar-refractivity contribution in [2.45, 2.75) is 19.4 Å². The molecule has 1 aliphatic rings. The van der Waals surface area contributed by atoms with Crippen molar-refractivity contribution in [2.75, 3.05) is 37.7 Å². The molecule has 1 aromatic rings. The van der Waals surface area contributed by atoms with Crippen LogP contribution in [0.3, 0.4) is 0 Å². The Kier molecular flexibility index (Phi) is 4.55. The minimum absolute atomic E-state index is 0.0375. The van der Waals surface area contributed by atoms with Crippen molar-refractivity contribution < 1.29 is 9.84 Å². The quantitative estimate of drug-likeness (QED) is 0.886. The Labute approximate surface area is 119 Å². The van der Waals surface area contributed by atoms with E-state index in [0.717, 1.165) is 31.9 Å². The number of nitrogens with one attached hydrogen (secondary N) is 1.